The van der Waals surface area contributed by atoms with E-state index in [9.17, 15) is 13.2 Å². The highest BCUT2D eigenvalue weighted by Crippen LogP contribution is 2.31. The van der Waals surface area contributed by atoms with Gasteiger partial charge in [-0.1, -0.05) is 6.42 Å². The van der Waals surface area contributed by atoms with Crippen molar-refractivity contribution in [2.45, 2.75) is 29.5 Å². The fourth-order valence-electron chi connectivity index (χ4n) is 2.03. The molecule has 5 nitrogen and oxygen atoms in total. The highest BCUT2D eigenvalue weighted by Gasteiger charge is 2.37. The monoisotopic (exact) mass is 352 g/mol. The first-order valence-corrected chi connectivity index (χ1v) is 8.54. The summed E-state index contributed by atoms with van der Waals surface area (Å²) in [5.74, 6) is -0.575. The van der Waals surface area contributed by atoms with Crippen LogP contribution in [0, 0.1) is 0 Å². The first kappa shape index (κ1) is 14.0. The Labute approximate surface area is 118 Å². The Hall–Kier alpha value is -0.440. The molecule has 0 aliphatic carbocycles. The summed E-state index contributed by atoms with van der Waals surface area (Å²) in [6.07, 6.45) is 2.09. The van der Waals surface area contributed by atoms with Gasteiger partial charge in [-0.2, -0.15) is 4.31 Å². The Kier molecular flexibility index (Phi) is 4.10. The minimum absolute atomic E-state index is 0.238. The lowest BCUT2D eigenvalue weighted by molar-refractivity contribution is -0.122. The lowest BCUT2D eigenvalue weighted by Crippen LogP contribution is -2.50. The number of rotatable bonds is 3. The van der Waals surface area contributed by atoms with E-state index in [-0.39, 0.29) is 4.21 Å². The molecule has 0 saturated carbocycles. The zero-order valence-corrected chi connectivity index (χ0v) is 12.7. The highest BCUT2D eigenvalue weighted by atomic mass is 79.9. The predicted molar refractivity (Wildman–Crippen MR) is 72.7 cm³/mol. The average Bonchev–Trinajstić information content (AvgIpc) is 2.76. The molecule has 0 bridgehead atoms. The van der Waals surface area contributed by atoms with Crippen LogP contribution in [0.5, 0.6) is 0 Å². The van der Waals surface area contributed by atoms with E-state index >= 15 is 0 Å². The van der Waals surface area contributed by atoms with E-state index in [0.717, 1.165) is 28.0 Å². The molecule has 2 rings (SSSR count). The zero-order chi connectivity index (χ0) is 13.3. The quantitative estimate of drug-likeness (QED) is 0.895. The second-order valence-corrected chi connectivity index (χ2v) is 8.67. The number of thiophene rings is 1. The van der Waals surface area contributed by atoms with Gasteiger partial charge in [0, 0.05) is 6.54 Å². The summed E-state index contributed by atoms with van der Waals surface area (Å²) in [5, 5.41) is 0. The molecule has 1 aromatic heterocycles. The van der Waals surface area contributed by atoms with Gasteiger partial charge in [0.05, 0.1) is 3.79 Å². The lowest BCUT2D eigenvalue weighted by atomic mass is 10.0. The van der Waals surface area contributed by atoms with Crippen molar-refractivity contribution in [1.82, 2.24) is 4.31 Å². The number of amides is 1. The van der Waals surface area contributed by atoms with Crippen LogP contribution < -0.4 is 5.73 Å². The van der Waals surface area contributed by atoms with Crippen molar-refractivity contribution >= 4 is 43.2 Å². The highest BCUT2D eigenvalue weighted by molar-refractivity contribution is 9.11. The molecule has 0 unspecified atom stereocenters. The van der Waals surface area contributed by atoms with Gasteiger partial charge in [0.15, 0.2) is 0 Å². The number of carbonyl (C=O) groups excluding carboxylic acids is 1. The Morgan fingerprint density at radius 2 is 2.17 bits per heavy atom. The summed E-state index contributed by atoms with van der Waals surface area (Å²) >= 11 is 4.37. The third-order valence-electron chi connectivity index (χ3n) is 2.89. The Balaban J connectivity index is 2.36. The van der Waals surface area contributed by atoms with Crippen molar-refractivity contribution in [3.05, 3.63) is 15.9 Å². The molecule has 2 heterocycles. The molecule has 1 aromatic rings. The van der Waals surface area contributed by atoms with Gasteiger partial charge in [-0.25, -0.2) is 8.42 Å². The van der Waals surface area contributed by atoms with E-state index in [1.54, 1.807) is 6.07 Å². The third kappa shape index (κ3) is 2.61. The number of nitrogens with zero attached hydrogens (tertiary/aromatic N) is 1. The van der Waals surface area contributed by atoms with Crippen LogP contribution in [0.25, 0.3) is 0 Å². The van der Waals surface area contributed by atoms with Crippen LogP contribution in [-0.2, 0) is 14.8 Å². The van der Waals surface area contributed by atoms with Crippen molar-refractivity contribution in [1.29, 1.82) is 0 Å². The maximum absolute atomic E-state index is 12.4. The van der Waals surface area contributed by atoms with Crippen LogP contribution >= 0.6 is 27.3 Å². The molecule has 0 aromatic carbocycles. The first-order valence-electron chi connectivity index (χ1n) is 5.49. The van der Waals surface area contributed by atoms with Crippen LogP contribution in [0.4, 0.5) is 0 Å². The summed E-state index contributed by atoms with van der Waals surface area (Å²) in [5.41, 5.74) is 5.29. The second-order valence-electron chi connectivity index (χ2n) is 4.09. The van der Waals surface area contributed by atoms with Crippen LogP contribution in [-0.4, -0.2) is 31.2 Å². The summed E-state index contributed by atoms with van der Waals surface area (Å²) in [4.78, 5) is 11.4. The van der Waals surface area contributed by atoms with Gasteiger partial charge < -0.3 is 5.73 Å². The standard InChI is InChI=1S/C10H13BrN2O3S2/c11-8-4-5-9(17-8)18(15,16)13-6-2-1-3-7(13)10(12)14/h4-5,7H,1-3,6H2,(H2,12,14)/t7-/m0/s1. The number of halogens is 1. The molecule has 2 N–H and O–H groups in total. The largest absolute Gasteiger partial charge is 0.368 e. The number of sulfonamides is 1. The smallest absolute Gasteiger partial charge is 0.253 e. The normalized spacial score (nSPS) is 21.9. The van der Waals surface area contributed by atoms with Crippen molar-refractivity contribution < 1.29 is 13.2 Å². The van der Waals surface area contributed by atoms with Crippen LogP contribution in [0.3, 0.4) is 0 Å². The molecule has 100 valence electrons. The van der Waals surface area contributed by atoms with E-state index < -0.39 is 22.0 Å². The number of hydrogen-bond donors (Lipinski definition) is 1. The van der Waals surface area contributed by atoms with Gasteiger partial charge in [-0.15, -0.1) is 11.3 Å². The number of nitrogens with two attached hydrogens (primary N) is 1. The molecular formula is C10H13BrN2O3S2. The van der Waals surface area contributed by atoms with Crippen LogP contribution in [0.1, 0.15) is 19.3 Å². The molecule has 1 fully saturated rings. The molecule has 1 saturated heterocycles. The molecule has 1 aliphatic rings. The van der Waals surface area contributed by atoms with Gasteiger partial charge in [-0.3, -0.25) is 4.79 Å². The van der Waals surface area contributed by atoms with E-state index in [0.29, 0.717) is 13.0 Å². The fraction of sp³-hybridized carbons (Fsp3) is 0.500. The predicted octanol–water partition coefficient (Wildman–Crippen LogP) is 1.54. The van der Waals surface area contributed by atoms with E-state index in [2.05, 4.69) is 15.9 Å². The van der Waals surface area contributed by atoms with Gasteiger partial charge in [0.25, 0.3) is 10.0 Å². The molecule has 1 amide bonds. The Morgan fingerprint density at radius 1 is 1.44 bits per heavy atom. The van der Waals surface area contributed by atoms with Gasteiger partial charge in [-0.05, 0) is 40.9 Å². The van der Waals surface area contributed by atoms with Crippen LogP contribution in [0.15, 0.2) is 20.1 Å². The SMILES string of the molecule is NC(=O)[C@@H]1CCCCN1S(=O)(=O)c1ccc(Br)s1. The summed E-state index contributed by atoms with van der Waals surface area (Å²) in [6, 6.07) is 2.50. The molecule has 18 heavy (non-hydrogen) atoms. The van der Waals surface area contributed by atoms with Crippen molar-refractivity contribution in [2.24, 2.45) is 5.73 Å². The summed E-state index contributed by atoms with van der Waals surface area (Å²) < 4.78 is 27.1. The molecule has 0 spiro atoms. The Morgan fingerprint density at radius 3 is 2.72 bits per heavy atom. The minimum Gasteiger partial charge on any atom is -0.368 e. The van der Waals surface area contributed by atoms with E-state index in [1.165, 1.54) is 10.4 Å². The summed E-state index contributed by atoms with van der Waals surface area (Å²) in [7, 11) is -3.61. The van der Waals surface area contributed by atoms with Crippen molar-refractivity contribution in [2.75, 3.05) is 6.54 Å². The van der Waals surface area contributed by atoms with Gasteiger partial charge in [0.2, 0.25) is 5.91 Å². The third-order valence-corrected chi connectivity index (χ3v) is 6.89. The maximum Gasteiger partial charge on any atom is 0.253 e. The number of piperidine rings is 1. The molecule has 8 heteroatoms. The molecular weight excluding hydrogens is 340 g/mol. The molecule has 1 aliphatic heterocycles. The summed E-state index contributed by atoms with van der Waals surface area (Å²) in [6.45, 7) is 0.353. The molecule has 1 atom stereocenters. The van der Waals surface area contributed by atoms with Crippen molar-refractivity contribution in [3.8, 4) is 0 Å². The van der Waals surface area contributed by atoms with Crippen LogP contribution in [0.2, 0.25) is 0 Å². The average molecular weight is 353 g/mol. The number of carbonyl (C=O) groups is 1. The van der Waals surface area contributed by atoms with Gasteiger partial charge in [0.1, 0.15) is 10.3 Å². The number of primary amides is 1. The molecule has 0 radical (unpaired) electrons. The van der Waals surface area contributed by atoms with Gasteiger partial charge >= 0.3 is 0 Å². The van der Waals surface area contributed by atoms with E-state index in [1.807, 2.05) is 0 Å². The van der Waals surface area contributed by atoms with Crippen molar-refractivity contribution in [3.63, 3.8) is 0 Å². The Bertz CT molecular complexity index is 555. The topological polar surface area (TPSA) is 80.5 Å². The minimum atomic E-state index is -3.61. The number of hydrogen-bond acceptors (Lipinski definition) is 4. The second kappa shape index (κ2) is 5.28. The lowest BCUT2D eigenvalue weighted by Gasteiger charge is -2.32. The first-order chi connectivity index (χ1) is 8.43. The van der Waals surface area contributed by atoms with E-state index in [4.69, 9.17) is 5.73 Å². The fourth-order valence-corrected chi connectivity index (χ4v) is 5.83. The maximum atomic E-state index is 12.4. The zero-order valence-electron chi connectivity index (χ0n) is 9.50.